The van der Waals surface area contributed by atoms with Gasteiger partial charge in [0.25, 0.3) is 0 Å². The van der Waals surface area contributed by atoms with E-state index in [1.54, 1.807) is 0 Å². The third-order valence-electron chi connectivity index (χ3n) is 3.52. The first kappa shape index (κ1) is 18.1. The van der Waals surface area contributed by atoms with Crippen LogP contribution in [-0.4, -0.2) is 74.7 Å². The zero-order valence-corrected chi connectivity index (χ0v) is 11.3. The van der Waals surface area contributed by atoms with Crippen LogP contribution in [0.5, 0.6) is 0 Å². The molecular formula is C12H21NO8. The van der Waals surface area contributed by atoms with Crippen molar-refractivity contribution in [3.8, 4) is 0 Å². The molecule has 7 N–H and O–H groups in total. The highest BCUT2D eigenvalue weighted by Crippen LogP contribution is 2.39. The highest BCUT2D eigenvalue weighted by atomic mass is 16.8. The number of allylic oxidation sites excluding steroid dienone is 1. The van der Waals surface area contributed by atoms with Gasteiger partial charge in [-0.15, -0.1) is 0 Å². The quantitative estimate of drug-likeness (QED) is 0.210. The van der Waals surface area contributed by atoms with Gasteiger partial charge in [-0.2, -0.15) is 0 Å². The summed E-state index contributed by atoms with van der Waals surface area (Å²) in [5, 5.41) is 47.6. The summed E-state index contributed by atoms with van der Waals surface area (Å²) in [4.78, 5) is 16.6. The lowest BCUT2D eigenvalue weighted by Crippen LogP contribution is -2.66. The van der Waals surface area contributed by atoms with Gasteiger partial charge >= 0.3 is 0 Å². The molecule has 1 rings (SSSR count). The molecule has 2 unspecified atom stereocenters. The molecule has 0 saturated carbocycles. The van der Waals surface area contributed by atoms with Crippen molar-refractivity contribution in [3.05, 3.63) is 12.7 Å². The summed E-state index contributed by atoms with van der Waals surface area (Å²) in [7, 11) is 0. The van der Waals surface area contributed by atoms with Gasteiger partial charge in [-0.05, 0) is 6.08 Å². The largest absolute Gasteiger partial charge is 0.394 e. The Labute approximate surface area is 121 Å². The molecular weight excluding hydrogens is 286 g/mol. The molecule has 9 heteroatoms. The molecule has 1 saturated heterocycles. The highest BCUT2D eigenvalue weighted by Gasteiger charge is 2.57. The van der Waals surface area contributed by atoms with Crippen LogP contribution in [0, 0.1) is 5.92 Å². The maximum atomic E-state index is 12.0. The van der Waals surface area contributed by atoms with Crippen LogP contribution in [0.25, 0.3) is 0 Å². The predicted octanol–water partition coefficient (Wildman–Crippen LogP) is -3.20. The van der Waals surface area contributed by atoms with E-state index in [1.165, 1.54) is 0 Å². The zero-order valence-electron chi connectivity index (χ0n) is 11.3. The van der Waals surface area contributed by atoms with Gasteiger partial charge in [0.05, 0.1) is 25.4 Å². The number of ketones is 1. The number of hydrogen-bond acceptors (Lipinski definition) is 9. The van der Waals surface area contributed by atoms with E-state index in [0.29, 0.717) is 0 Å². The molecule has 0 aliphatic carbocycles. The van der Waals surface area contributed by atoms with E-state index >= 15 is 0 Å². The molecule has 1 aliphatic rings. The fourth-order valence-electron chi connectivity index (χ4n) is 2.45. The van der Waals surface area contributed by atoms with E-state index in [1.807, 2.05) is 0 Å². The molecule has 0 spiro atoms. The molecule has 0 aromatic heterocycles. The number of carbonyl (C=O) groups is 1. The number of nitrogens with two attached hydrogens (primary N) is 1. The maximum absolute atomic E-state index is 12.0. The number of carbonyl (C=O) groups excluding carboxylic acids is 1. The summed E-state index contributed by atoms with van der Waals surface area (Å²) in [5.41, 5.74) is 0. The van der Waals surface area contributed by atoms with Crippen molar-refractivity contribution in [2.45, 2.75) is 36.6 Å². The van der Waals surface area contributed by atoms with Gasteiger partial charge in [0.1, 0.15) is 18.1 Å². The predicted molar refractivity (Wildman–Crippen MR) is 68.4 cm³/mol. The molecule has 6 atom stereocenters. The van der Waals surface area contributed by atoms with E-state index in [9.17, 15) is 25.2 Å². The Bertz CT molecular complexity index is 378. The van der Waals surface area contributed by atoms with Crippen LogP contribution in [0.1, 0.15) is 6.42 Å². The number of aliphatic hydroxyl groups is 5. The Morgan fingerprint density at radius 2 is 2.05 bits per heavy atom. The van der Waals surface area contributed by atoms with Crippen molar-refractivity contribution >= 4 is 5.78 Å². The summed E-state index contributed by atoms with van der Waals surface area (Å²) in [6.07, 6.45) is -5.40. The van der Waals surface area contributed by atoms with Crippen LogP contribution in [0.3, 0.4) is 0 Å². The summed E-state index contributed by atoms with van der Waals surface area (Å²) in [6, 6.07) is 0. The SMILES string of the molecule is C=CC(=O)[C@@H]1[C@@H](O)[C@H](O)[C@@H](CO)OC1(CC(O)CO)ON. The van der Waals surface area contributed by atoms with E-state index < -0.39 is 61.5 Å². The fraction of sp³-hybridized carbons (Fsp3) is 0.750. The van der Waals surface area contributed by atoms with Crippen LogP contribution >= 0.6 is 0 Å². The second-order valence-electron chi connectivity index (χ2n) is 4.87. The number of ether oxygens (including phenoxy) is 1. The minimum Gasteiger partial charge on any atom is -0.394 e. The molecule has 0 amide bonds. The van der Waals surface area contributed by atoms with Gasteiger partial charge in [-0.3, -0.25) is 9.63 Å². The molecule has 1 aliphatic heterocycles. The van der Waals surface area contributed by atoms with Gasteiger partial charge in [-0.25, -0.2) is 5.90 Å². The Morgan fingerprint density at radius 1 is 1.43 bits per heavy atom. The normalized spacial score (nSPS) is 38.0. The molecule has 1 fully saturated rings. The first-order chi connectivity index (χ1) is 9.86. The molecule has 0 aromatic rings. The topological polar surface area (TPSA) is 163 Å². The third-order valence-corrected chi connectivity index (χ3v) is 3.52. The minimum atomic E-state index is -2.01. The monoisotopic (exact) mass is 307 g/mol. The maximum Gasteiger partial charge on any atom is 0.202 e. The molecule has 21 heavy (non-hydrogen) atoms. The standard InChI is InChI=1S/C12H21NO8/c1-2-7(17)9-11(19)10(18)8(5-15)20-12(9,21-13)3-6(16)4-14/h2,6,8-11,14-16,18-19H,1,3-5,13H2/t6?,8-,9-,10-,11-,12?/m1/s1. The summed E-state index contributed by atoms with van der Waals surface area (Å²) < 4.78 is 5.32. The van der Waals surface area contributed by atoms with Crippen LogP contribution in [0.15, 0.2) is 12.7 Å². The smallest absolute Gasteiger partial charge is 0.202 e. The van der Waals surface area contributed by atoms with Crippen LogP contribution in [-0.2, 0) is 14.4 Å². The minimum absolute atomic E-state index is 0.454. The summed E-state index contributed by atoms with van der Waals surface area (Å²) >= 11 is 0. The molecule has 0 radical (unpaired) electrons. The molecule has 0 aromatic carbocycles. The van der Waals surface area contributed by atoms with Crippen molar-refractivity contribution < 1.29 is 39.9 Å². The molecule has 1 heterocycles. The van der Waals surface area contributed by atoms with Crippen LogP contribution in [0.2, 0.25) is 0 Å². The van der Waals surface area contributed by atoms with Crippen LogP contribution in [0.4, 0.5) is 0 Å². The Kier molecular flexibility index (Phi) is 6.38. The van der Waals surface area contributed by atoms with Crippen molar-refractivity contribution in [2.75, 3.05) is 13.2 Å². The van der Waals surface area contributed by atoms with Crippen molar-refractivity contribution in [3.63, 3.8) is 0 Å². The van der Waals surface area contributed by atoms with Crippen molar-refractivity contribution in [2.24, 2.45) is 11.8 Å². The first-order valence-electron chi connectivity index (χ1n) is 6.34. The van der Waals surface area contributed by atoms with Crippen molar-refractivity contribution in [1.29, 1.82) is 0 Å². The van der Waals surface area contributed by atoms with E-state index in [2.05, 4.69) is 6.58 Å². The van der Waals surface area contributed by atoms with E-state index in [-0.39, 0.29) is 0 Å². The van der Waals surface area contributed by atoms with Gasteiger partial charge in [-0.1, -0.05) is 6.58 Å². The van der Waals surface area contributed by atoms with E-state index in [4.69, 9.17) is 20.6 Å². The first-order valence-corrected chi connectivity index (χ1v) is 6.34. The Hall–Kier alpha value is -0.910. The van der Waals surface area contributed by atoms with Gasteiger partial charge in [0.2, 0.25) is 5.79 Å². The van der Waals surface area contributed by atoms with Gasteiger partial charge in [0, 0.05) is 6.42 Å². The Morgan fingerprint density at radius 3 is 2.48 bits per heavy atom. The fourth-order valence-corrected chi connectivity index (χ4v) is 2.45. The number of aliphatic hydroxyl groups excluding tert-OH is 5. The van der Waals surface area contributed by atoms with Gasteiger partial charge in [0.15, 0.2) is 5.78 Å². The zero-order chi connectivity index (χ0) is 16.2. The van der Waals surface area contributed by atoms with Crippen molar-refractivity contribution in [1.82, 2.24) is 0 Å². The average Bonchev–Trinajstić information content (AvgIpc) is 2.50. The number of rotatable bonds is 7. The summed E-state index contributed by atoms with van der Waals surface area (Å²) in [5.74, 6) is 0.954. The lowest BCUT2D eigenvalue weighted by atomic mass is 9.79. The van der Waals surface area contributed by atoms with Gasteiger partial charge < -0.3 is 30.3 Å². The summed E-state index contributed by atoms with van der Waals surface area (Å²) in [6.45, 7) is 1.94. The third kappa shape index (κ3) is 3.47. The average molecular weight is 307 g/mol. The Balaban J connectivity index is 3.23. The lowest BCUT2D eigenvalue weighted by molar-refractivity contribution is -0.353. The van der Waals surface area contributed by atoms with Crippen LogP contribution < -0.4 is 5.90 Å². The highest BCUT2D eigenvalue weighted by molar-refractivity contribution is 5.92. The molecule has 0 bridgehead atoms. The van der Waals surface area contributed by atoms with E-state index in [0.717, 1.165) is 6.08 Å². The lowest BCUT2D eigenvalue weighted by Gasteiger charge is -2.48. The second kappa shape index (κ2) is 7.38. The number of hydrogen-bond donors (Lipinski definition) is 6. The second-order valence-corrected chi connectivity index (χ2v) is 4.87. The molecule has 122 valence electrons. The molecule has 9 nitrogen and oxygen atoms in total.